The van der Waals surface area contributed by atoms with Crippen LogP contribution < -0.4 is 5.30 Å². The van der Waals surface area contributed by atoms with Crippen LogP contribution in [0.2, 0.25) is 0 Å². The van der Waals surface area contributed by atoms with Gasteiger partial charge in [0.05, 0.1) is 0 Å². The van der Waals surface area contributed by atoms with Gasteiger partial charge in [0.2, 0.25) is 0 Å². The summed E-state index contributed by atoms with van der Waals surface area (Å²) < 4.78 is 0. The van der Waals surface area contributed by atoms with E-state index < -0.39 is 0 Å². The molecule has 1 aliphatic rings. The van der Waals surface area contributed by atoms with Crippen LogP contribution >= 0.6 is 8.58 Å². The first-order chi connectivity index (χ1) is 6.90. The topological polar surface area (TPSA) is 0 Å². The Bertz CT molecular complexity index is 397. The Balaban J connectivity index is 2.14. The lowest BCUT2D eigenvalue weighted by Gasteiger charge is -2.04. The van der Waals surface area contributed by atoms with E-state index in [2.05, 4.69) is 61.6 Å². The van der Waals surface area contributed by atoms with Gasteiger partial charge in [-0.3, -0.25) is 0 Å². The second-order valence-corrected chi connectivity index (χ2v) is 4.54. The summed E-state index contributed by atoms with van der Waals surface area (Å²) >= 11 is 0. The molecular formula is C13H13P. The normalized spacial score (nSPS) is 18.4. The molecule has 0 N–H and O–H groups in total. The van der Waals surface area contributed by atoms with Crippen molar-refractivity contribution in [1.29, 1.82) is 0 Å². The molecule has 0 aliphatic heterocycles. The zero-order valence-electron chi connectivity index (χ0n) is 8.20. The molecule has 0 radical (unpaired) electrons. The van der Waals surface area contributed by atoms with E-state index in [0.717, 1.165) is 8.58 Å². The average Bonchev–Trinajstić information content (AvgIpc) is 2.67. The Morgan fingerprint density at radius 3 is 2.64 bits per heavy atom. The van der Waals surface area contributed by atoms with Gasteiger partial charge in [0.25, 0.3) is 0 Å². The molecule has 0 spiro atoms. The summed E-state index contributed by atoms with van der Waals surface area (Å²) in [5.74, 6) is 0. The lowest BCUT2D eigenvalue weighted by atomic mass is 10.3. The van der Waals surface area contributed by atoms with Gasteiger partial charge in [-0.15, -0.1) is 0 Å². The highest BCUT2D eigenvalue weighted by molar-refractivity contribution is 7.52. The Hall–Kier alpha value is -1.13. The molecule has 0 nitrogen and oxygen atoms in total. The minimum absolute atomic E-state index is 0.776. The average molecular weight is 200 g/mol. The summed E-state index contributed by atoms with van der Waals surface area (Å²) in [4.78, 5) is 0. The fraction of sp³-hybridized carbons (Fsp3) is 0.0769. The summed E-state index contributed by atoms with van der Waals surface area (Å²) in [7, 11) is 0.776. The summed E-state index contributed by atoms with van der Waals surface area (Å²) in [5.41, 5.74) is 1.37. The molecule has 0 aromatic heterocycles. The molecule has 70 valence electrons. The fourth-order valence-corrected chi connectivity index (χ4v) is 2.70. The van der Waals surface area contributed by atoms with Gasteiger partial charge in [0, 0.05) is 0 Å². The van der Waals surface area contributed by atoms with Crippen LogP contribution in [-0.4, -0.2) is 0 Å². The highest BCUT2D eigenvalue weighted by Gasteiger charge is 2.05. The maximum Gasteiger partial charge on any atom is -0.0157 e. The lowest BCUT2D eigenvalue weighted by Crippen LogP contribution is -1.92. The minimum Gasteiger partial charge on any atom is -0.0797 e. The first kappa shape index (κ1) is 9.43. The van der Waals surface area contributed by atoms with Gasteiger partial charge in [-0.1, -0.05) is 63.2 Å². The molecule has 0 saturated heterocycles. The van der Waals surface area contributed by atoms with Crippen LogP contribution in [-0.2, 0) is 0 Å². The summed E-state index contributed by atoms with van der Waals surface area (Å²) in [6.07, 6.45) is 8.68. The van der Waals surface area contributed by atoms with Crippen molar-refractivity contribution in [1.82, 2.24) is 0 Å². The van der Waals surface area contributed by atoms with E-state index in [0.29, 0.717) is 0 Å². The first-order valence-corrected chi connectivity index (χ1v) is 5.77. The number of allylic oxidation sites excluding steroid dienone is 6. The van der Waals surface area contributed by atoms with Gasteiger partial charge in [0.1, 0.15) is 0 Å². The molecule has 1 aliphatic carbocycles. The van der Waals surface area contributed by atoms with Crippen molar-refractivity contribution < 1.29 is 0 Å². The Morgan fingerprint density at radius 2 is 1.93 bits per heavy atom. The number of hydrogen-bond acceptors (Lipinski definition) is 0. The molecule has 0 fully saturated rings. The lowest BCUT2D eigenvalue weighted by molar-refractivity contribution is 1.62. The molecule has 0 heterocycles. The molecule has 1 aromatic rings. The third kappa shape index (κ3) is 2.02. The summed E-state index contributed by atoms with van der Waals surface area (Å²) in [6.45, 7) is 2.09. The number of benzene rings is 1. The predicted octanol–water partition coefficient (Wildman–Crippen LogP) is 3.39. The second kappa shape index (κ2) is 4.39. The Kier molecular flexibility index (Phi) is 2.96. The molecule has 14 heavy (non-hydrogen) atoms. The third-order valence-electron chi connectivity index (χ3n) is 2.21. The molecule has 1 atom stereocenters. The number of rotatable bonds is 2. The molecule has 2 rings (SSSR count). The highest BCUT2D eigenvalue weighted by Crippen LogP contribution is 2.33. The minimum atomic E-state index is 0.776. The Morgan fingerprint density at radius 1 is 1.14 bits per heavy atom. The SMILES string of the molecule is CC=C1C=CC=C1Pc1ccccc1. The smallest absolute Gasteiger partial charge is 0.0157 e. The monoisotopic (exact) mass is 200 g/mol. The van der Waals surface area contributed by atoms with Crippen LogP contribution in [0.5, 0.6) is 0 Å². The van der Waals surface area contributed by atoms with E-state index in [1.165, 1.54) is 16.2 Å². The van der Waals surface area contributed by atoms with Gasteiger partial charge in [-0.25, -0.2) is 0 Å². The van der Waals surface area contributed by atoms with Gasteiger partial charge in [-0.2, -0.15) is 0 Å². The molecule has 0 saturated carbocycles. The molecule has 1 aromatic carbocycles. The van der Waals surface area contributed by atoms with Crippen LogP contribution in [0, 0.1) is 0 Å². The maximum absolute atomic E-state index is 2.21. The van der Waals surface area contributed by atoms with Crippen molar-refractivity contribution >= 4 is 13.9 Å². The van der Waals surface area contributed by atoms with Gasteiger partial charge >= 0.3 is 0 Å². The van der Waals surface area contributed by atoms with E-state index in [-0.39, 0.29) is 0 Å². The van der Waals surface area contributed by atoms with Crippen molar-refractivity contribution in [2.45, 2.75) is 6.92 Å². The van der Waals surface area contributed by atoms with Crippen molar-refractivity contribution in [3.8, 4) is 0 Å². The second-order valence-electron chi connectivity index (χ2n) is 3.17. The molecular weight excluding hydrogens is 187 g/mol. The van der Waals surface area contributed by atoms with E-state index in [1.807, 2.05) is 0 Å². The quantitative estimate of drug-likeness (QED) is 0.642. The van der Waals surface area contributed by atoms with E-state index in [9.17, 15) is 0 Å². The van der Waals surface area contributed by atoms with Crippen molar-refractivity contribution in [2.75, 3.05) is 0 Å². The predicted molar refractivity (Wildman–Crippen MR) is 65.4 cm³/mol. The summed E-state index contributed by atoms with van der Waals surface area (Å²) in [6, 6.07) is 10.6. The molecule has 1 heteroatoms. The van der Waals surface area contributed by atoms with Crippen LogP contribution in [0.3, 0.4) is 0 Å². The Labute approximate surface area is 86.8 Å². The zero-order valence-corrected chi connectivity index (χ0v) is 9.20. The van der Waals surface area contributed by atoms with Crippen molar-refractivity contribution in [2.24, 2.45) is 0 Å². The van der Waals surface area contributed by atoms with E-state index >= 15 is 0 Å². The van der Waals surface area contributed by atoms with Crippen LogP contribution in [0.4, 0.5) is 0 Å². The fourth-order valence-electron chi connectivity index (χ4n) is 1.48. The van der Waals surface area contributed by atoms with Crippen molar-refractivity contribution in [3.05, 3.63) is 65.5 Å². The van der Waals surface area contributed by atoms with Crippen molar-refractivity contribution in [3.63, 3.8) is 0 Å². The standard InChI is InChI=1S/C13H13P/c1-2-11-7-6-10-13(11)14-12-8-4-3-5-9-12/h2-10,14H,1H3. The largest absolute Gasteiger partial charge is 0.0797 e. The molecule has 1 unspecified atom stereocenters. The van der Waals surface area contributed by atoms with Gasteiger partial charge < -0.3 is 0 Å². The highest BCUT2D eigenvalue weighted by atomic mass is 31.1. The number of hydrogen-bond donors (Lipinski definition) is 0. The van der Waals surface area contributed by atoms with Gasteiger partial charge in [-0.05, 0) is 23.1 Å². The third-order valence-corrected chi connectivity index (χ3v) is 3.56. The maximum atomic E-state index is 2.21. The van der Waals surface area contributed by atoms with E-state index in [4.69, 9.17) is 0 Å². The summed E-state index contributed by atoms with van der Waals surface area (Å²) in [5, 5.41) is 2.85. The first-order valence-electron chi connectivity index (χ1n) is 4.77. The van der Waals surface area contributed by atoms with Crippen LogP contribution in [0.25, 0.3) is 0 Å². The van der Waals surface area contributed by atoms with Crippen LogP contribution in [0.1, 0.15) is 6.92 Å². The zero-order chi connectivity index (χ0) is 9.80. The molecule has 0 amide bonds. The molecule has 0 bridgehead atoms. The van der Waals surface area contributed by atoms with Crippen LogP contribution in [0.15, 0.2) is 65.5 Å². The van der Waals surface area contributed by atoms with E-state index in [1.54, 1.807) is 0 Å². The van der Waals surface area contributed by atoms with Gasteiger partial charge in [0.15, 0.2) is 0 Å².